The molecule has 5 nitrogen and oxygen atoms in total. The van der Waals surface area contributed by atoms with Gasteiger partial charge in [-0.25, -0.2) is 9.59 Å². The summed E-state index contributed by atoms with van der Waals surface area (Å²) >= 11 is 0. The topological polar surface area (TPSA) is 75.6 Å². The lowest BCUT2D eigenvalue weighted by atomic mass is 9.98. The number of rotatable bonds is 4. The lowest BCUT2D eigenvalue weighted by Gasteiger charge is -2.17. The molecule has 0 aromatic heterocycles. The van der Waals surface area contributed by atoms with E-state index in [-0.39, 0.29) is 18.6 Å². The van der Waals surface area contributed by atoms with E-state index in [0.717, 1.165) is 11.1 Å². The zero-order valence-electron chi connectivity index (χ0n) is 16.3. The largest absolute Gasteiger partial charge is 0.478 e. The summed E-state index contributed by atoms with van der Waals surface area (Å²) in [5, 5.41) is 12.3. The van der Waals surface area contributed by atoms with E-state index in [1.165, 1.54) is 22.3 Å². The van der Waals surface area contributed by atoms with E-state index in [4.69, 9.17) is 4.74 Å². The molecule has 1 atom stereocenters. The van der Waals surface area contributed by atoms with E-state index in [1.807, 2.05) is 30.3 Å². The quantitative estimate of drug-likeness (QED) is 0.654. The summed E-state index contributed by atoms with van der Waals surface area (Å²) < 4.78 is 5.63. The molecule has 0 fully saturated rings. The van der Waals surface area contributed by atoms with Crippen LogP contribution in [0.2, 0.25) is 0 Å². The van der Waals surface area contributed by atoms with Gasteiger partial charge in [-0.05, 0) is 52.3 Å². The van der Waals surface area contributed by atoms with Crippen molar-refractivity contribution in [2.75, 3.05) is 6.61 Å². The Labute approximate surface area is 174 Å². The van der Waals surface area contributed by atoms with Crippen molar-refractivity contribution < 1.29 is 19.4 Å². The highest BCUT2D eigenvalue weighted by Gasteiger charge is 2.31. The molecule has 150 valence electrons. The second-order valence-corrected chi connectivity index (χ2v) is 7.74. The van der Waals surface area contributed by atoms with Gasteiger partial charge in [0.1, 0.15) is 6.61 Å². The third-order valence-electron chi connectivity index (χ3n) is 6.14. The van der Waals surface area contributed by atoms with E-state index >= 15 is 0 Å². The van der Waals surface area contributed by atoms with E-state index in [9.17, 15) is 14.7 Å². The molecular weight excluding hydrogens is 378 g/mol. The number of carbonyl (C=O) groups excluding carboxylic acids is 1. The second-order valence-electron chi connectivity index (χ2n) is 7.74. The zero-order valence-corrected chi connectivity index (χ0v) is 16.3. The van der Waals surface area contributed by atoms with Crippen molar-refractivity contribution >= 4 is 12.1 Å². The first-order valence-corrected chi connectivity index (χ1v) is 10.1. The van der Waals surface area contributed by atoms with Gasteiger partial charge < -0.3 is 15.2 Å². The fourth-order valence-electron chi connectivity index (χ4n) is 4.79. The Balaban J connectivity index is 1.30. The van der Waals surface area contributed by atoms with Gasteiger partial charge in [-0.2, -0.15) is 0 Å². The molecule has 5 heteroatoms. The molecule has 0 heterocycles. The summed E-state index contributed by atoms with van der Waals surface area (Å²) in [6, 6.07) is 21.4. The summed E-state index contributed by atoms with van der Waals surface area (Å²) in [4.78, 5) is 24.0. The lowest BCUT2D eigenvalue weighted by molar-refractivity contribution is 0.0695. The normalized spacial score (nSPS) is 16.5. The monoisotopic (exact) mass is 399 g/mol. The third kappa shape index (κ3) is 3.03. The number of ether oxygens (including phenoxy) is 1. The number of aromatic carboxylic acids is 1. The van der Waals surface area contributed by atoms with Crippen LogP contribution in [0.4, 0.5) is 4.79 Å². The van der Waals surface area contributed by atoms with Crippen LogP contribution in [-0.4, -0.2) is 23.8 Å². The van der Waals surface area contributed by atoms with Gasteiger partial charge in [-0.3, -0.25) is 0 Å². The Morgan fingerprint density at radius 1 is 0.900 bits per heavy atom. The van der Waals surface area contributed by atoms with Crippen molar-refractivity contribution in [3.8, 4) is 11.1 Å². The predicted molar refractivity (Wildman–Crippen MR) is 113 cm³/mol. The minimum Gasteiger partial charge on any atom is -0.478 e. The van der Waals surface area contributed by atoms with Crippen LogP contribution in [0, 0.1) is 0 Å². The fraction of sp³-hybridized carbons (Fsp3) is 0.200. The lowest BCUT2D eigenvalue weighted by Crippen LogP contribution is -2.29. The van der Waals surface area contributed by atoms with Crippen LogP contribution < -0.4 is 5.32 Å². The molecule has 0 unspecified atom stereocenters. The van der Waals surface area contributed by atoms with E-state index in [2.05, 4.69) is 29.6 Å². The molecule has 0 aliphatic heterocycles. The molecule has 30 heavy (non-hydrogen) atoms. The van der Waals surface area contributed by atoms with Crippen molar-refractivity contribution in [1.82, 2.24) is 5.32 Å². The fourth-order valence-corrected chi connectivity index (χ4v) is 4.79. The molecule has 0 radical (unpaired) electrons. The zero-order chi connectivity index (χ0) is 20.7. The highest BCUT2D eigenvalue weighted by atomic mass is 16.5. The highest BCUT2D eigenvalue weighted by molar-refractivity contribution is 5.90. The molecule has 5 rings (SSSR count). The number of amides is 1. The van der Waals surface area contributed by atoms with Crippen molar-refractivity contribution in [2.45, 2.75) is 24.8 Å². The van der Waals surface area contributed by atoms with Crippen LogP contribution in [0.1, 0.15) is 51.0 Å². The Hall–Kier alpha value is -3.60. The van der Waals surface area contributed by atoms with Crippen LogP contribution in [0.5, 0.6) is 0 Å². The molecule has 3 aromatic rings. The number of nitrogens with one attached hydrogen (secondary N) is 1. The number of hydrogen-bond acceptors (Lipinski definition) is 3. The van der Waals surface area contributed by atoms with Crippen LogP contribution in [0.3, 0.4) is 0 Å². The Bertz CT molecular complexity index is 1110. The van der Waals surface area contributed by atoms with Crippen molar-refractivity contribution in [3.63, 3.8) is 0 Å². The first-order chi connectivity index (χ1) is 14.6. The van der Waals surface area contributed by atoms with Crippen LogP contribution in [0.25, 0.3) is 11.1 Å². The minimum absolute atomic E-state index is 0.0117. The van der Waals surface area contributed by atoms with Gasteiger partial charge in [-0.1, -0.05) is 60.7 Å². The van der Waals surface area contributed by atoms with Gasteiger partial charge in [0.15, 0.2) is 0 Å². The van der Waals surface area contributed by atoms with Crippen molar-refractivity contribution in [3.05, 3.63) is 94.5 Å². The number of fused-ring (bicyclic) bond motifs is 4. The Morgan fingerprint density at radius 3 is 2.20 bits per heavy atom. The minimum atomic E-state index is -0.936. The third-order valence-corrected chi connectivity index (χ3v) is 6.14. The van der Waals surface area contributed by atoms with Gasteiger partial charge in [-0.15, -0.1) is 0 Å². The summed E-state index contributed by atoms with van der Waals surface area (Å²) in [5.41, 5.74) is 6.69. The molecule has 0 saturated carbocycles. The Kier molecular flexibility index (Phi) is 4.51. The van der Waals surface area contributed by atoms with Crippen LogP contribution >= 0.6 is 0 Å². The van der Waals surface area contributed by atoms with Gasteiger partial charge in [0.05, 0.1) is 11.6 Å². The SMILES string of the molecule is O=C(N[C@H]1CCc2c(C(=O)O)cccc21)OCC1c2ccccc2-c2ccccc21. The van der Waals surface area contributed by atoms with E-state index < -0.39 is 12.1 Å². The number of hydrogen-bond donors (Lipinski definition) is 2. The number of alkyl carbamates (subject to hydrolysis) is 1. The summed E-state index contributed by atoms with van der Waals surface area (Å²) in [5.74, 6) is -0.925. The number of carboxylic acids is 1. The molecule has 2 aliphatic carbocycles. The molecular formula is C25H21NO4. The average Bonchev–Trinajstić information content (AvgIpc) is 3.31. The van der Waals surface area contributed by atoms with Crippen molar-refractivity contribution in [2.24, 2.45) is 0 Å². The second kappa shape index (κ2) is 7.34. The maximum atomic E-state index is 12.6. The number of carbonyl (C=O) groups is 2. The first-order valence-electron chi connectivity index (χ1n) is 10.1. The summed E-state index contributed by atoms with van der Waals surface area (Å²) in [7, 11) is 0. The first kappa shape index (κ1) is 18.4. The molecule has 3 aromatic carbocycles. The molecule has 2 aliphatic rings. The smallest absolute Gasteiger partial charge is 0.407 e. The van der Waals surface area contributed by atoms with Crippen LogP contribution in [0.15, 0.2) is 66.7 Å². The van der Waals surface area contributed by atoms with Gasteiger partial charge in [0.2, 0.25) is 0 Å². The number of carboxylic acid groups (broad SMARTS) is 1. The molecule has 2 N–H and O–H groups in total. The standard InChI is InChI=1S/C25H21NO4/c27-24(28)21-11-5-10-20-19(21)12-13-23(20)26-25(29)30-14-22-17-8-3-1-6-15(17)16-7-2-4-9-18(16)22/h1-11,22-23H,12-14H2,(H,26,29)(H,27,28)/t23-/m0/s1. The summed E-state index contributed by atoms with van der Waals surface area (Å²) in [6.45, 7) is 0.259. The molecule has 0 saturated heterocycles. The van der Waals surface area contributed by atoms with Crippen molar-refractivity contribution in [1.29, 1.82) is 0 Å². The molecule has 1 amide bonds. The number of benzene rings is 3. The van der Waals surface area contributed by atoms with E-state index in [0.29, 0.717) is 18.4 Å². The Morgan fingerprint density at radius 2 is 1.53 bits per heavy atom. The van der Waals surface area contributed by atoms with E-state index in [1.54, 1.807) is 12.1 Å². The van der Waals surface area contributed by atoms with Gasteiger partial charge in [0, 0.05) is 5.92 Å². The summed E-state index contributed by atoms with van der Waals surface area (Å²) in [6.07, 6.45) is 0.825. The molecule has 0 spiro atoms. The maximum Gasteiger partial charge on any atom is 0.407 e. The van der Waals surface area contributed by atoms with Crippen LogP contribution in [-0.2, 0) is 11.2 Å². The average molecular weight is 399 g/mol. The van der Waals surface area contributed by atoms with Gasteiger partial charge >= 0.3 is 12.1 Å². The van der Waals surface area contributed by atoms with Gasteiger partial charge in [0.25, 0.3) is 0 Å². The highest BCUT2D eigenvalue weighted by Crippen LogP contribution is 2.44. The maximum absolute atomic E-state index is 12.6. The predicted octanol–water partition coefficient (Wildman–Crippen LogP) is 4.91. The molecule has 0 bridgehead atoms.